The summed E-state index contributed by atoms with van der Waals surface area (Å²) >= 11 is 0.691. The van der Waals surface area contributed by atoms with Crippen molar-refractivity contribution in [3.8, 4) is 5.75 Å². The maximum Gasteiger partial charge on any atom is 0.419 e. The van der Waals surface area contributed by atoms with Crippen molar-refractivity contribution >= 4 is 29.0 Å². The number of alkyl halides is 3. The third kappa shape index (κ3) is 3.87. The van der Waals surface area contributed by atoms with Gasteiger partial charge in [0.25, 0.3) is 11.1 Å². The number of phenols is 1. The summed E-state index contributed by atoms with van der Waals surface area (Å²) < 4.78 is 38.3. The summed E-state index contributed by atoms with van der Waals surface area (Å²) in [5, 5.41) is 8.85. The number of halogens is 3. The van der Waals surface area contributed by atoms with Gasteiger partial charge >= 0.3 is 6.18 Å². The minimum atomic E-state index is -4.70. The van der Waals surface area contributed by atoms with Crippen LogP contribution in [0.2, 0.25) is 0 Å². The number of imide groups is 1. The third-order valence-electron chi connectivity index (χ3n) is 3.05. The van der Waals surface area contributed by atoms with E-state index in [2.05, 4.69) is 0 Å². The SMILES string of the molecule is CC(C)CN1C(=O)S/C(=C\c2ccc(O)c(C(F)(F)F)c2)C1=O. The highest BCUT2D eigenvalue weighted by Gasteiger charge is 2.36. The maximum atomic E-state index is 12.8. The number of carbonyl (C=O) groups is 2. The average Bonchev–Trinajstić information content (AvgIpc) is 2.67. The van der Waals surface area contributed by atoms with Crippen LogP contribution in [0.3, 0.4) is 0 Å². The number of rotatable bonds is 3. The molecule has 0 radical (unpaired) electrons. The molecule has 0 aliphatic carbocycles. The van der Waals surface area contributed by atoms with Crippen molar-refractivity contribution in [1.29, 1.82) is 0 Å². The molecule has 1 aromatic carbocycles. The quantitative estimate of drug-likeness (QED) is 0.838. The summed E-state index contributed by atoms with van der Waals surface area (Å²) in [5.74, 6) is -1.31. The number of benzene rings is 1. The smallest absolute Gasteiger partial charge is 0.419 e. The first-order chi connectivity index (χ1) is 10.6. The molecule has 0 spiro atoms. The van der Waals surface area contributed by atoms with Crippen molar-refractivity contribution in [2.45, 2.75) is 20.0 Å². The first-order valence-corrected chi connectivity index (χ1v) is 7.57. The van der Waals surface area contributed by atoms with Gasteiger partial charge in [-0.25, -0.2) is 0 Å². The third-order valence-corrected chi connectivity index (χ3v) is 3.95. The van der Waals surface area contributed by atoms with Crippen molar-refractivity contribution in [3.05, 3.63) is 34.2 Å². The van der Waals surface area contributed by atoms with Crippen LogP contribution in [0, 0.1) is 5.92 Å². The molecule has 1 fully saturated rings. The van der Waals surface area contributed by atoms with Gasteiger partial charge in [0.2, 0.25) is 0 Å². The summed E-state index contributed by atoms with van der Waals surface area (Å²) in [4.78, 5) is 25.1. The van der Waals surface area contributed by atoms with Crippen LogP contribution >= 0.6 is 11.8 Å². The lowest BCUT2D eigenvalue weighted by Gasteiger charge is -2.14. The van der Waals surface area contributed by atoms with Crippen LogP contribution < -0.4 is 0 Å². The van der Waals surface area contributed by atoms with Crippen molar-refractivity contribution in [2.75, 3.05) is 6.54 Å². The predicted octanol–water partition coefficient (Wildman–Crippen LogP) is 4.10. The Kier molecular flexibility index (Phi) is 4.74. The number of carbonyl (C=O) groups excluding carboxylic acids is 2. The highest BCUT2D eigenvalue weighted by molar-refractivity contribution is 8.18. The van der Waals surface area contributed by atoms with Gasteiger partial charge in [-0.3, -0.25) is 14.5 Å². The molecule has 1 N–H and O–H groups in total. The summed E-state index contributed by atoms with van der Waals surface area (Å²) in [6.45, 7) is 3.95. The summed E-state index contributed by atoms with van der Waals surface area (Å²) in [6.07, 6.45) is -3.48. The minimum Gasteiger partial charge on any atom is -0.507 e. The van der Waals surface area contributed by atoms with Crippen LogP contribution in [0.25, 0.3) is 6.08 Å². The van der Waals surface area contributed by atoms with Crippen LogP contribution in [0.1, 0.15) is 25.0 Å². The van der Waals surface area contributed by atoms with Gasteiger partial charge in [-0.1, -0.05) is 19.9 Å². The van der Waals surface area contributed by atoms with Gasteiger partial charge in [0.05, 0.1) is 10.5 Å². The van der Waals surface area contributed by atoms with Gasteiger partial charge < -0.3 is 5.11 Å². The number of aromatic hydroxyl groups is 1. The zero-order valence-electron chi connectivity index (χ0n) is 12.3. The van der Waals surface area contributed by atoms with Crippen LogP contribution in [-0.2, 0) is 11.0 Å². The van der Waals surface area contributed by atoms with E-state index >= 15 is 0 Å². The van der Waals surface area contributed by atoms with E-state index in [9.17, 15) is 27.9 Å². The lowest BCUT2D eigenvalue weighted by Crippen LogP contribution is -2.31. The molecule has 1 aliphatic rings. The van der Waals surface area contributed by atoms with E-state index in [1.807, 2.05) is 13.8 Å². The van der Waals surface area contributed by atoms with Gasteiger partial charge in [-0.2, -0.15) is 13.2 Å². The average molecular weight is 345 g/mol. The molecule has 124 valence electrons. The fraction of sp³-hybridized carbons (Fsp3) is 0.333. The Labute approximate surface area is 135 Å². The molecule has 0 saturated carbocycles. The number of hydrogen-bond acceptors (Lipinski definition) is 4. The number of phenolic OH excluding ortho intramolecular Hbond substituents is 1. The molecule has 0 unspecified atom stereocenters. The molecule has 4 nitrogen and oxygen atoms in total. The molecule has 0 atom stereocenters. The standard InChI is InChI=1S/C15H14F3NO3S/c1-8(2)7-19-13(21)12(23-14(19)22)6-9-3-4-11(20)10(5-9)15(16,17)18/h3-6,8,20H,7H2,1-2H3/b12-6-. The number of hydrogen-bond donors (Lipinski definition) is 1. The molecule has 2 rings (SSSR count). The van der Waals surface area contributed by atoms with Crippen molar-refractivity contribution in [1.82, 2.24) is 4.90 Å². The Hall–Kier alpha value is -1.96. The van der Waals surface area contributed by atoms with Gasteiger partial charge in [0.1, 0.15) is 5.75 Å². The van der Waals surface area contributed by atoms with Crippen molar-refractivity contribution in [3.63, 3.8) is 0 Å². The van der Waals surface area contributed by atoms with Crippen molar-refractivity contribution in [2.24, 2.45) is 5.92 Å². The van der Waals surface area contributed by atoms with Crippen LogP contribution in [0.4, 0.5) is 18.0 Å². The first kappa shape index (κ1) is 17.4. The van der Waals surface area contributed by atoms with E-state index in [0.717, 1.165) is 17.0 Å². The molecule has 23 heavy (non-hydrogen) atoms. The van der Waals surface area contributed by atoms with Gasteiger partial charge in [-0.05, 0) is 41.5 Å². The molecule has 0 aromatic heterocycles. The number of thioether (sulfide) groups is 1. The summed E-state index contributed by atoms with van der Waals surface area (Å²) in [5.41, 5.74) is -1.10. The largest absolute Gasteiger partial charge is 0.507 e. The zero-order valence-corrected chi connectivity index (χ0v) is 13.2. The minimum absolute atomic E-state index is 0.0643. The molecular weight excluding hydrogens is 331 g/mol. The zero-order chi connectivity index (χ0) is 17.4. The van der Waals surface area contributed by atoms with E-state index in [1.54, 1.807) is 0 Å². The van der Waals surface area contributed by atoms with E-state index in [-0.39, 0.29) is 22.9 Å². The van der Waals surface area contributed by atoms with E-state index in [1.165, 1.54) is 12.1 Å². The Morgan fingerprint density at radius 3 is 2.52 bits per heavy atom. The highest BCUT2D eigenvalue weighted by Crippen LogP contribution is 2.38. The second-order valence-electron chi connectivity index (χ2n) is 5.46. The van der Waals surface area contributed by atoms with Crippen LogP contribution in [0.15, 0.2) is 23.1 Å². The van der Waals surface area contributed by atoms with Gasteiger partial charge in [0.15, 0.2) is 0 Å². The molecular formula is C15H14F3NO3S. The maximum absolute atomic E-state index is 12.8. The Morgan fingerprint density at radius 1 is 1.30 bits per heavy atom. The van der Waals surface area contributed by atoms with Crippen LogP contribution in [0.5, 0.6) is 5.75 Å². The Bertz CT molecular complexity index is 683. The number of amides is 2. The van der Waals surface area contributed by atoms with Crippen molar-refractivity contribution < 1.29 is 27.9 Å². The van der Waals surface area contributed by atoms with E-state index in [0.29, 0.717) is 11.8 Å². The topological polar surface area (TPSA) is 57.6 Å². The van der Waals surface area contributed by atoms with Gasteiger partial charge in [-0.15, -0.1) is 0 Å². The fourth-order valence-electron chi connectivity index (χ4n) is 2.04. The second kappa shape index (κ2) is 6.27. The molecule has 2 amide bonds. The fourth-order valence-corrected chi connectivity index (χ4v) is 2.89. The lowest BCUT2D eigenvalue weighted by atomic mass is 10.1. The highest BCUT2D eigenvalue weighted by atomic mass is 32.2. The second-order valence-corrected chi connectivity index (χ2v) is 6.45. The molecule has 1 saturated heterocycles. The van der Waals surface area contributed by atoms with Gasteiger partial charge in [0, 0.05) is 6.54 Å². The Balaban J connectivity index is 2.33. The molecule has 1 heterocycles. The summed E-state index contributed by atoms with van der Waals surface area (Å²) in [6, 6.07) is 2.90. The molecule has 0 bridgehead atoms. The number of nitrogens with zero attached hydrogens (tertiary/aromatic N) is 1. The Morgan fingerprint density at radius 2 is 1.96 bits per heavy atom. The monoisotopic (exact) mass is 345 g/mol. The van der Waals surface area contributed by atoms with E-state index in [4.69, 9.17) is 0 Å². The summed E-state index contributed by atoms with van der Waals surface area (Å²) in [7, 11) is 0. The molecule has 1 aromatic rings. The molecule has 1 aliphatic heterocycles. The lowest BCUT2D eigenvalue weighted by molar-refractivity contribution is -0.138. The predicted molar refractivity (Wildman–Crippen MR) is 80.6 cm³/mol. The van der Waals surface area contributed by atoms with Crippen LogP contribution in [-0.4, -0.2) is 27.7 Å². The normalized spacial score (nSPS) is 17.7. The first-order valence-electron chi connectivity index (χ1n) is 6.75. The molecule has 8 heteroatoms. The van der Waals surface area contributed by atoms with E-state index < -0.39 is 28.6 Å².